The Balaban J connectivity index is 1.44. The van der Waals surface area contributed by atoms with E-state index in [4.69, 9.17) is 21.3 Å². The van der Waals surface area contributed by atoms with Gasteiger partial charge < -0.3 is 4.74 Å². The number of fused-ring (bicyclic) bond motifs is 1. The highest BCUT2D eigenvalue weighted by atomic mass is 35.5. The summed E-state index contributed by atoms with van der Waals surface area (Å²) in [5.41, 5.74) is 3.64. The van der Waals surface area contributed by atoms with Gasteiger partial charge in [-0.1, -0.05) is 22.9 Å². The van der Waals surface area contributed by atoms with E-state index in [2.05, 4.69) is 25.3 Å². The quantitative estimate of drug-likeness (QED) is 0.374. The van der Waals surface area contributed by atoms with Crippen LogP contribution in [0.3, 0.4) is 0 Å². The van der Waals surface area contributed by atoms with E-state index >= 15 is 0 Å². The van der Waals surface area contributed by atoms with Gasteiger partial charge in [-0.05, 0) is 31.9 Å². The zero-order valence-corrected chi connectivity index (χ0v) is 20.6. The molecule has 1 saturated carbocycles. The predicted molar refractivity (Wildman–Crippen MR) is 133 cm³/mol. The fourth-order valence-corrected chi connectivity index (χ4v) is 5.10. The lowest BCUT2D eigenvalue weighted by Crippen LogP contribution is -2.14. The molecule has 1 aliphatic rings. The normalized spacial score (nSPS) is 14.3. The molecule has 5 rings (SSSR count). The van der Waals surface area contributed by atoms with Gasteiger partial charge in [0.1, 0.15) is 16.7 Å². The summed E-state index contributed by atoms with van der Waals surface area (Å²) in [5.74, 6) is 0.620. The highest BCUT2D eigenvalue weighted by molar-refractivity contribution is 7.21. The molecule has 0 bridgehead atoms. The average Bonchev–Trinajstić information content (AvgIpc) is 3.25. The van der Waals surface area contributed by atoms with Crippen LogP contribution < -0.4 is 10.1 Å². The number of thiazole rings is 1. The van der Waals surface area contributed by atoms with Crippen LogP contribution in [0.5, 0.6) is 5.75 Å². The molecule has 1 fully saturated rings. The maximum atomic E-state index is 13.3. The highest BCUT2D eigenvalue weighted by Crippen LogP contribution is 2.35. The molecule has 1 N–H and O–H groups in total. The van der Waals surface area contributed by atoms with Crippen molar-refractivity contribution in [2.45, 2.75) is 38.5 Å². The number of hydrogen-bond acceptors (Lipinski definition) is 9. The molecule has 1 amide bonds. The molecular weight excluding hydrogens is 488 g/mol. The van der Waals surface area contributed by atoms with Crippen LogP contribution in [0.25, 0.3) is 21.6 Å². The molecule has 0 atom stereocenters. The molecular formula is C24H21ClN6O3S. The molecule has 11 heteroatoms. The lowest BCUT2D eigenvalue weighted by Gasteiger charge is -2.19. The van der Waals surface area contributed by atoms with Gasteiger partial charge in [0.2, 0.25) is 0 Å². The second-order valence-corrected chi connectivity index (χ2v) is 9.65. The van der Waals surface area contributed by atoms with Crippen molar-refractivity contribution >= 4 is 50.2 Å². The summed E-state index contributed by atoms with van der Waals surface area (Å²) in [6.07, 6.45) is 7.47. The number of amides is 1. The Hall–Kier alpha value is -3.50. The van der Waals surface area contributed by atoms with Crippen molar-refractivity contribution in [3.05, 3.63) is 52.8 Å². The second kappa shape index (κ2) is 9.63. The monoisotopic (exact) mass is 508 g/mol. The van der Waals surface area contributed by atoms with E-state index in [1.165, 1.54) is 30.8 Å². The summed E-state index contributed by atoms with van der Waals surface area (Å²) >= 11 is 7.38. The van der Waals surface area contributed by atoms with Gasteiger partial charge in [-0.25, -0.2) is 15.0 Å². The first kappa shape index (κ1) is 23.3. The molecule has 0 radical (unpaired) electrons. The summed E-state index contributed by atoms with van der Waals surface area (Å²) < 4.78 is 5.44. The number of aryl methyl sites for hydroxylation is 1. The van der Waals surface area contributed by atoms with Crippen LogP contribution in [-0.4, -0.2) is 43.7 Å². The fraction of sp³-hybridized carbons (Fsp3) is 0.292. The van der Waals surface area contributed by atoms with Crippen molar-refractivity contribution in [3.63, 3.8) is 0 Å². The van der Waals surface area contributed by atoms with E-state index in [-0.39, 0.29) is 17.0 Å². The number of carbonyl (C=O) groups is 2. The molecule has 4 aromatic heterocycles. The fourth-order valence-electron chi connectivity index (χ4n) is 4.14. The van der Waals surface area contributed by atoms with E-state index in [1.54, 1.807) is 18.3 Å². The number of ketones is 1. The smallest absolute Gasteiger partial charge is 0.259 e. The van der Waals surface area contributed by atoms with Gasteiger partial charge in [0.25, 0.3) is 5.91 Å². The Morgan fingerprint density at radius 1 is 1.09 bits per heavy atom. The number of nitrogens with zero attached hydrogens (tertiary/aromatic N) is 5. The Morgan fingerprint density at radius 3 is 2.66 bits per heavy atom. The Labute approximate surface area is 210 Å². The first-order valence-corrected chi connectivity index (χ1v) is 12.2. The van der Waals surface area contributed by atoms with E-state index in [1.807, 2.05) is 6.92 Å². The molecule has 9 nitrogen and oxygen atoms in total. The number of methoxy groups -OCH3 is 1. The van der Waals surface area contributed by atoms with E-state index in [0.717, 1.165) is 24.2 Å². The van der Waals surface area contributed by atoms with E-state index in [0.29, 0.717) is 56.7 Å². The van der Waals surface area contributed by atoms with Crippen LogP contribution in [0, 0.1) is 6.92 Å². The second-order valence-electron chi connectivity index (χ2n) is 8.29. The molecule has 4 aromatic rings. The highest BCUT2D eigenvalue weighted by Gasteiger charge is 2.23. The van der Waals surface area contributed by atoms with Gasteiger partial charge in [0.05, 0.1) is 30.8 Å². The minimum absolute atomic E-state index is 0.216. The summed E-state index contributed by atoms with van der Waals surface area (Å²) in [5, 5.41) is 3.51. The van der Waals surface area contributed by atoms with Crippen molar-refractivity contribution in [1.29, 1.82) is 0 Å². The van der Waals surface area contributed by atoms with Crippen LogP contribution in [-0.2, 0) is 4.79 Å². The Morgan fingerprint density at radius 2 is 1.89 bits per heavy atom. The Kier molecular flexibility index (Phi) is 6.40. The van der Waals surface area contributed by atoms with Crippen molar-refractivity contribution < 1.29 is 14.3 Å². The minimum Gasteiger partial charge on any atom is -0.494 e. The van der Waals surface area contributed by atoms with Crippen molar-refractivity contribution in [1.82, 2.24) is 24.9 Å². The Bertz CT molecular complexity index is 1450. The van der Waals surface area contributed by atoms with Gasteiger partial charge in [0, 0.05) is 41.8 Å². The lowest BCUT2D eigenvalue weighted by atomic mass is 9.86. The van der Waals surface area contributed by atoms with Crippen LogP contribution >= 0.6 is 22.9 Å². The third-order valence-electron chi connectivity index (χ3n) is 5.95. The summed E-state index contributed by atoms with van der Waals surface area (Å²) in [7, 11) is 1.53. The van der Waals surface area contributed by atoms with Crippen molar-refractivity contribution in [2.75, 3.05) is 12.4 Å². The molecule has 4 heterocycles. The number of halogens is 1. The first-order valence-electron chi connectivity index (χ1n) is 11.0. The number of ether oxygens (including phenoxy) is 1. The number of hydrogen-bond donors (Lipinski definition) is 1. The number of nitrogens with one attached hydrogen (secondary N) is 1. The van der Waals surface area contributed by atoms with Crippen LogP contribution in [0.2, 0.25) is 5.15 Å². The number of Topliss-reactive ketones (excluding diaryl/α,β-unsaturated/α-hetero) is 1. The predicted octanol–water partition coefficient (Wildman–Crippen LogP) is 4.99. The van der Waals surface area contributed by atoms with Gasteiger partial charge in [-0.2, -0.15) is 4.98 Å². The zero-order valence-electron chi connectivity index (χ0n) is 19.0. The number of aromatic nitrogens is 5. The topological polar surface area (TPSA) is 120 Å². The summed E-state index contributed by atoms with van der Waals surface area (Å²) in [6, 6.07) is 3.45. The standard InChI is InChI=1S/C24H21ClN6O3S/c1-12-7-15(16-8-20(25)27-11-19(16)34-2)17(9-26-12)22(33)31-24-30-21-23(35-24)29-18(10-28-21)13-3-5-14(32)6-4-13/h7-11,13H,3-6H2,1-2H3,(H,28,30,31,33). The van der Waals surface area contributed by atoms with E-state index in [9.17, 15) is 9.59 Å². The van der Waals surface area contributed by atoms with E-state index < -0.39 is 0 Å². The third kappa shape index (κ3) is 4.85. The maximum absolute atomic E-state index is 13.3. The van der Waals surface area contributed by atoms with Crippen LogP contribution in [0.1, 0.15) is 53.3 Å². The van der Waals surface area contributed by atoms with Gasteiger partial charge in [0.15, 0.2) is 15.6 Å². The molecule has 0 unspecified atom stereocenters. The molecule has 0 aromatic carbocycles. The molecule has 0 spiro atoms. The molecule has 178 valence electrons. The first-order chi connectivity index (χ1) is 16.9. The van der Waals surface area contributed by atoms with Crippen molar-refractivity contribution in [2.24, 2.45) is 0 Å². The van der Waals surface area contributed by atoms with Crippen LogP contribution in [0.15, 0.2) is 30.7 Å². The maximum Gasteiger partial charge on any atom is 0.259 e. The van der Waals surface area contributed by atoms with Gasteiger partial charge in [-0.3, -0.25) is 19.9 Å². The number of anilines is 1. The lowest BCUT2D eigenvalue weighted by molar-refractivity contribution is -0.120. The molecule has 0 aliphatic heterocycles. The summed E-state index contributed by atoms with van der Waals surface area (Å²) in [6.45, 7) is 1.84. The van der Waals surface area contributed by atoms with Gasteiger partial charge in [-0.15, -0.1) is 0 Å². The van der Waals surface area contributed by atoms with Crippen molar-refractivity contribution in [3.8, 4) is 16.9 Å². The third-order valence-corrected chi connectivity index (χ3v) is 7.01. The zero-order chi connectivity index (χ0) is 24.5. The SMILES string of the molecule is COc1cnc(Cl)cc1-c1cc(C)ncc1C(=O)Nc1nc2ncc(C3CCC(=O)CC3)nc2s1. The largest absolute Gasteiger partial charge is 0.494 e. The molecule has 35 heavy (non-hydrogen) atoms. The number of rotatable bonds is 5. The number of carbonyl (C=O) groups excluding carboxylic acids is 2. The molecule has 0 saturated heterocycles. The van der Waals surface area contributed by atoms with Crippen LogP contribution in [0.4, 0.5) is 5.13 Å². The number of pyridine rings is 2. The minimum atomic E-state index is -0.382. The average molecular weight is 509 g/mol. The van der Waals surface area contributed by atoms with Gasteiger partial charge >= 0.3 is 0 Å². The molecule has 1 aliphatic carbocycles. The summed E-state index contributed by atoms with van der Waals surface area (Å²) in [4.78, 5) is 47.4.